The molecule has 1 aliphatic heterocycles. The van der Waals surface area contributed by atoms with E-state index in [0.717, 1.165) is 18.7 Å². The third-order valence-electron chi connectivity index (χ3n) is 3.27. The summed E-state index contributed by atoms with van der Waals surface area (Å²) in [5.41, 5.74) is 1.10. The molecule has 1 atom stereocenters. The van der Waals surface area contributed by atoms with E-state index in [1.54, 1.807) is 0 Å². The molecule has 0 saturated carbocycles. The molecule has 0 bridgehead atoms. The first-order valence-electron chi connectivity index (χ1n) is 7.12. The second-order valence-electron chi connectivity index (χ2n) is 6.21. The molecule has 5 heteroatoms. The lowest BCUT2D eigenvalue weighted by Gasteiger charge is -2.22. The van der Waals surface area contributed by atoms with Gasteiger partial charge in [-0.15, -0.1) is 0 Å². The monoisotopic (exact) mass is 287 g/mol. The molecule has 0 aromatic heterocycles. The smallest absolute Gasteiger partial charge is 0.407 e. The maximum absolute atomic E-state index is 11.8. The highest BCUT2D eigenvalue weighted by Crippen LogP contribution is 2.24. The van der Waals surface area contributed by atoms with Gasteiger partial charge in [-0.05, 0) is 39.3 Å². The summed E-state index contributed by atoms with van der Waals surface area (Å²) >= 11 is 0. The summed E-state index contributed by atoms with van der Waals surface area (Å²) in [5, 5.41) is 12.0. The molecular formula is C16H21N3O2. The van der Waals surface area contributed by atoms with E-state index >= 15 is 0 Å². The number of benzene rings is 1. The van der Waals surface area contributed by atoms with Crippen molar-refractivity contribution in [2.75, 3.05) is 18.0 Å². The Balaban J connectivity index is 1.95. The number of para-hydroxylation sites is 1. The zero-order valence-corrected chi connectivity index (χ0v) is 12.7. The van der Waals surface area contributed by atoms with Crippen LogP contribution >= 0.6 is 0 Å². The molecule has 0 radical (unpaired) electrons. The Hall–Kier alpha value is -2.22. The molecule has 0 aliphatic carbocycles. The van der Waals surface area contributed by atoms with Gasteiger partial charge >= 0.3 is 6.09 Å². The Morgan fingerprint density at radius 2 is 2.14 bits per heavy atom. The van der Waals surface area contributed by atoms with Crippen molar-refractivity contribution in [3.05, 3.63) is 29.8 Å². The number of hydrogen-bond donors (Lipinski definition) is 1. The molecule has 1 amide bonds. The molecule has 1 fully saturated rings. The van der Waals surface area contributed by atoms with Crippen molar-refractivity contribution in [3.8, 4) is 6.07 Å². The lowest BCUT2D eigenvalue weighted by atomic mass is 10.2. The van der Waals surface area contributed by atoms with Crippen molar-refractivity contribution in [1.82, 2.24) is 5.32 Å². The fourth-order valence-corrected chi connectivity index (χ4v) is 2.42. The second kappa shape index (κ2) is 6.04. The molecule has 0 spiro atoms. The minimum atomic E-state index is -0.490. The SMILES string of the molecule is CC(C)(C)OC(=O)N[C@H]1CCN(c2ccccc2C#N)C1. The number of amides is 1. The molecule has 1 heterocycles. The minimum Gasteiger partial charge on any atom is -0.444 e. The van der Waals surface area contributed by atoms with Crippen molar-refractivity contribution in [2.45, 2.75) is 38.8 Å². The highest BCUT2D eigenvalue weighted by atomic mass is 16.6. The Kier molecular flexibility index (Phi) is 4.37. The third-order valence-corrected chi connectivity index (χ3v) is 3.27. The van der Waals surface area contributed by atoms with Crippen LogP contribution in [0.4, 0.5) is 10.5 Å². The number of anilines is 1. The molecule has 1 N–H and O–H groups in total. The molecule has 2 rings (SSSR count). The number of nitriles is 1. The second-order valence-corrected chi connectivity index (χ2v) is 6.21. The lowest BCUT2D eigenvalue weighted by Crippen LogP contribution is -2.40. The quantitative estimate of drug-likeness (QED) is 0.908. The van der Waals surface area contributed by atoms with Gasteiger partial charge in [-0.3, -0.25) is 0 Å². The van der Waals surface area contributed by atoms with Gasteiger partial charge in [-0.25, -0.2) is 4.79 Å². The Labute approximate surface area is 125 Å². The summed E-state index contributed by atoms with van der Waals surface area (Å²) in [7, 11) is 0. The van der Waals surface area contributed by atoms with Crippen LogP contribution in [-0.4, -0.2) is 30.8 Å². The summed E-state index contributed by atoms with van der Waals surface area (Å²) in [5.74, 6) is 0. The van der Waals surface area contributed by atoms with Crippen LogP contribution < -0.4 is 10.2 Å². The van der Waals surface area contributed by atoms with Crippen LogP contribution in [0.2, 0.25) is 0 Å². The molecule has 5 nitrogen and oxygen atoms in total. The molecule has 1 aromatic carbocycles. The van der Waals surface area contributed by atoms with E-state index in [-0.39, 0.29) is 12.1 Å². The number of ether oxygens (including phenoxy) is 1. The highest BCUT2D eigenvalue weighted by molar-refractivity contribution is 5.68. The highest BCUT2D eigenvalue weighted by Gasteiger charge is 2.27. The van der Waals surface area contributed by atoms with Crippen LogP contribution in [0.3, 0.4) is 0 Å². The largest absolute Gasteiger partial charge is 0.444 e. The van der Waals surface area contributed by atoms with Crippen molar-refractivity contribution >= 4 is 11.8 Å². The van der Waals surface area contributed by atoms with Crippen LogP contribution in [0.1, 0.15) is 32.8 Å². The minimum absolute atomic E-state index is 0.0478. The van der Waals surface area contributed by atoms with Gasteiger partial charge in [0.1, 0.15) is 11.7 Å². The van der Waals surface area contributed by atoms with Crippen LogP contribution in [0.15, 0.2) is 24.3 Å². The van der Waals surface area contributed by atoms with E-state index in [2.05, 4.69) is 16.3 Å². The van der Waals surface area contributed by atoms with E-state index < -0.39 is 5.60 Å². The van der Waals surface area contributed by atoms with Gasteiger partial charge in [-0.2, -0.15) is 5.26 Å². The summed E-state index contributed by atoms with van der Waals surface area (Å²) in [6, 6.07) is 9.78. The average Bonchev–Trinajstić information content (AvgIpc) is 2.84. The molecule has 1 aromatic rings. The zero-order chi connectivity index (χ0) is 15.5. The molecule has 112 valence electrons. The van der Waals surface area contributed by atoms with Crippen LogP contribution in [0.5, 0.6) is 0 Å². The van der Waals surface area contributed by atoms with Crippen molar-refractivity contribution in [1.29, 1.82) is 5.26 Å². The first-order valence-corrected chi connectivity index (χ1v) is 7.12. The predicted molar refractivity (Wildman–Crippen MR) is 81.1 cm³/mol. The van der Waals surface area contributed by atoms with Crippen molar-refractivity contribution in [3.63, 3.8) is 0 Å². The van der Waals surface area contributed by atoms with E-state index in [0.29, 0.717) is 12.1 Å². The number of carbonyl (C=O) groups excluding carboxylic acids is 1. The molecule has 0 unspecified atom stereocenters. The number of alkyl carbamates (subject to hydrolysis) is 1. The fraction of sp³-hybridized carbons (Fsp3) is 0.500. The summed E-state index contributed by atoms with van der Waals surface area (Å²) < 4.78 is 5.26. The fourth-order valence-electron chi connectivity index (χ4n) is 2.42. The Morgan fingerprint density at radius 1 is 1.43 bits per heavy atom. The van der Waals surface area contributed by atoms with Gasteiger partial charge < -0.3 is 15.0 Å². The standard InChI is InChI=1S/C16H21N3O2/c1-16(2,3)21-15(20)18-13-8-9-19(11-13)14-7-5-4-6-12(14)10-17/h4-7,13H,8-9,11H2,1-3H3,(H,18,20)/t13-/m0/s1. The first kappa shape index (κ1) is 15.2. The zero-order valence-electron chi connectivity index (χ0n) is 12.7. The third kappa shape index (κ3) is 4.12. The van der Waals surface area contributed by atoms with Crippen molar-refractivity contribution < 1.29 is 9.53 Å². The van der Waals surface area contributed by atoms with Crippen LogP contribution in [0.25, 0.3) is 0 Å². The Bertz CT molecular complexity index is 557. The number of hydrogen-bond acceptors (Lipinski definition) is 4. The molecule has 21 heavy (non-hydrogen) atoms. The van der Waals surface area contributed by atoms with E-state index in [1.165, 1.54) is 0 Å². The first-order chi connectivity index (χ1) is 9.89. The average molecular weight is 287 g/mol. The molecular weight excluding hydrogens is 266 g/mol. The van der Waals surface area contributed by atoms with Gasteiger partial charge in [0.2, 0.25) is 0 Å². The number of carbonyl (C=O) groups is 1. The number of nitrogens with zero attached hydrogens (tertiary/aromatic N) is 2. The van der Waals surface area contributed by atoms with Gasteiger partial charge in [0.15, 0.2) is 0 Å². The van der Waals surface area contributed by atoms with Crippen molar-refractivity contribution in [2.24, 2.45) is 0 Å². The predicted octanol–water partition coefficient (Wildman–Crippen LogP) is 2.66. The maximum Gasteiger partial charge on any atom is 0.407 e. The number of rotatable bonds is 2. The molecule has 1 aliphatic rings. The van der Waals surface area contributed by atoms with Gasteiger partial charge in [0, 0.05) is 13.1 Å². The number of nitrogens with one attached hydrogen (secondary N) is 1. The normalized spacial score (nSPS) is 18.2. The lowest BCUT2D eigenvalue weighted by molar-refractivity contribution is 0.0509. The maximum atomic E-state index is 11.8. The van der Waals surface area contributed by atoms with E-state index in [1.807, 2.05) is 45.0 Å². The van der Waals surface area contributed by atoms with Crippen LogP contribution in [0, 0.1) is 11.3 Å². The van der Waals surface area contributed by atoms with Crippen LogP contribution in [-0.2, 0) is 4.74 Å². The summed E-state index contributed by atoms with van der Waals surface area (Å²) in [6.07, 6.45) is 0.460. The molecule has 1 saturated heterocycles. The Morgan fingerprint density at radius 3 is 2.81 bits per heavy atom. The van der Waals surface area contributed by atoms with E-state index in [4.69, 9.17) is 10.00 Å². The van der Waals surface area contributed by atoms with Gasteiger partial charge in [-0.1, -0.05) is 12.1 Å². The van der Waals surface area contributed by atoms with Gasteiger partial charge in [0.05, 0.1) is 17.3 Å². The summed E-state index contributed by atoms with van der Waals surface area (Å²) in [6.45, 7) is 7.04. The summed E-state index contributed by atoms with van der Waals surface area (Å²) in [4.78, 5) is 13.9. The van der Waals surface area contributed by atoms with Gasteiger partial charge in [0.25, 0.3) is 0 Å². The topological polar surface area (TPSA) is 65.4 Å². The van der Waals surface area contributed by atoms with E-state index in [9.17, 15) is 4.79 Å².